The lowest BCUT2D eigenvalue weighted by molar-refractivity contribution is -0.128. The molecule has 0 aromatic heterocycles. The second-order valence-corrected chi connectivity index (χ2v) is 11.6. The number of hydrogen-bond donors (Lipinski definition) is 2. The normalized spacial score (nSPS) is 17.1. The summed E-state index contributed by atoms with van der Waals surface area (Å²) in [6.07, 6.45) is 1.47. The van der Waals surface area contributed by atoms with Crippen LogP contribution in [0.1, 0.15) is 41.2 Å². The molecule has 0 saturated heterocycles. The van der Waals surface area contributed by atoms with Gasteiger partial charge in [0.05, 0.1) is 6.61 Å². The van der Waals surface area contributed by atoms with Gasteiger partial charge in [-0.2, -0.15) is 0 Å². The lowest BCUT2D eigenvalue weighted by Gasteiger charge is -2.31. The number of carbonyl (C=O) groups is 1. The van der Waals surface area contributed by atoms with E-state index in [0.717, 1.165) is 22.9 Å². The molecule has 0 radical (unpaired) electrons. The second kappa shape index (κ2) is 15.4. The molecular weight excluding hydrogens is 634 g/mol. The molecule has 0 saturated carbocycles. The van der Waals surface area contributed by atoms with Crippen molar-refractivity contribution in [1.82, 2.24) is 5.32 Å². The fourth-order valence-electron chi connectivity index (χ4n) is 5.31. The molecule has 1 amide bonds. The largest absolute Gasteiger partial charge is 0.494 e. The zero-order valence-electron chi connectivity index (χ0n) is 24.7. The number of azide groups is 1. The number of aliphatic hydroxyl groups excluding tert-OH is 1. The van der Waals surface area contributed by atoms with Crippen molar-refractivity contribution in [2.45, 2.75) is 37.3 Å². The maximum Gasteiger partial charge on any atom is 0.252 e. The van der Waals surface area contributed by atoms with Gasteiger partial charge in [-0.25, -0.2) is 4.99 Å². The molecule has 1 aliphatic rings. The number of aliphatic imine (C=N–C) groups is 1. The number of amides is 1. The van der Waals surface area contributed by atoms with E-state index >= 15 is 0 Å². The summed E-state index contributed by atoms with van der Waals surface area (Å²) in [5.74, 6) is 0.699. The number of aryl methyl sites for hydroxylation is 1. The third-order valence-corrected chi connectivity index (χ3v) is 8.11. The van der Waals surface area contributed by atoms with Crippen molar-refractivity contribution in [2.75, 3.05) is 19.8 Å². The Kier molecular flexibility index (Phi) is 10.9. The van der Waals surface area contributed by atoms with Crippen molar-refractivity contribution in [3.8, 4) is 5.75 Å². The van der Waals surface area contributed by atoms with Crippen molar-refractivity contribution in [3.63, 3.8) is 0 Å². The van der Waals surface area contributed by atoms with Crippen LogP contribution in [0.25, 0.3) is 10.4 Å². The quantitative estimate of drug-likeness (QED) is 0.0628. The van der Waals surface area contributed by atoms with Crippen LogP contribution in [0, 0.1) is 0 Å². The topological polar surface area (TPSA) is 129 Å². The molecule has 0 unspecified atom stereocenters. The average molecular weight is 669 g/mol. The van der Waals surface area contributed by atoms with Crippen LogP contribution in [-0.4, -0.2) is 42.2 Å². The van der Waals surface area contributed by atoms with Crippen LogP contribution in [0.2, 0.25) is 0 Å². The van der Waals surface area contributed by atoms with E-state index in [9.17, 15) is 10.3 Å². The molecule has 4 aromatic carbocycles. The Labute approximate surface area is 270 Å². The Morgan fingerprint density at radius 3 is 2.47 bits per heavy atom. The summed E-state index contributed by atoms with van der Waals surface area (Å²) in [6, 6.07) is 32.3. The van der Waals surface area contributed by atoms with Crippen molar-refractivity contribution in [2.24, 2.45) is 10.1 Å². The summed E-state index contributed by atoms with van der Waals surface area (Å²) in [4.78, 5) is 22.5. The highest BCUT2D eigenvalue weighted by Crippen LogP contribution is 2.44. The third kappa shape index (κ3) is 7.91. The standard InChI is InChI=1S/C35H34BrN5O4/c36-29-17-13-26(14-18-29)32-35(24-28-11-4-5-12-31(28)40-41-37,34(43)38-21-6-10-25-8-2-1-3-9-25)39-33(45-32)27-15-19-30(20-16-27)44-23-7-22-42/h1-5,8-9,11-20,32,42H,6-7,10,21-24H2,(H,38,43)/t32-,35-/m1/s1. The minimum absolute atomic E-state index is 0.0549. The van der Waals surface area contributed by atoms with E-state index in [2.05, 4.69) is 43.4 Å². The maximum absolute atomic E-state index is 14.4. The van der Waals surface area contributed by atoms with Crippen LogP contribution >= 0.6 is 15.9 Å². The molecule has 1 heterocycles. The zero-order valence-corrected chi connectivity index (χ0v) is 26.3. The molecule has 1 aliphatic heterocycles. The van der Waals surface area contributed by atoms with Crippen LogP contribution in [0.4, 0.5) is 5.69 Å². The summed E-state index contributed by atoms with van der Waals surface area (Å²) in [7, 11) is 0. The minimum Gasteiger partial charge on any atom is -0.494 e. The average Bonchev–Trinajstić information content (AvgIpc) is 3.45. The highest BCUT2D eigenvalue weighted by Gasteiger charge is 2.53. The van der Waals surface area contributed by atoms with Gasteiger partial charge in [0.15, 0.2) is 11.6 Å². The number of nitrogens with zero attached hydrogens (tertiary/aromatic N) is 4. The summed E-state index contributed by atoms with van der Waals surface area (Å²) < 4.78 is 13.2. The highest BCUT2D eigenvalue weighted by atomic mass is 79.9. The number of halogens is 1. The Balaban J connectivity index is 1.52. The van der Waals surface area contributed by atoms with Crippen molar-refractivity contribution < 1.29 is 19.4 Å². The van der Waals surface area contributed by atoms with Gasteiger partial charge in [0.25, 0.3) is 5.91 Å². The van der Waals surface area contributed by atoms with Gasteiger partial charge in [0, 0.05) is 46.6 Å². The Morgan fingerprint density at radius 1 is 1.00 bits per heavy atom. The van der Waals surface area contributed by atoms with Crippen LogP contribution in [0.15, 0.2) is 118 Å². The minimum atomic E-state index is -1.41. The van der Waals surface area contributed by atoms with Gasteiger partial charge in [0.1, 0.15) is 5.75 Å². The van der Waals surface area contributed by atoms with Crippen molar-refractivity contribution in [3.05, 3.63) is 140 Å². The van der Waals surface area contributed by atoms with Gasteiger partial charge < -0.3 is 19.9 Å². The molecule has 9 nitrogen and oxygen atoms in total. The first-order valence-corrected chi connectivity index (χ1v) is 15.6. The van der Waals surface area contributed by atoms with E-state index < -0.39 is 11.6 Å². The molecule has 0 aliphatic carbocycles. The van der Waals surface area contributed by atoms with Gasteiger partial charge in [-0.1, -0.05) is 87.8 Å². The van der Waals surface area contributed by atoms with E-state index in [4.69, 9.17) is 19.6 Å². The fourth-order valence-corrected chi connectivity index (χ4v) is 5.57. The second-order valence-electron chi connectivity index (χ2n) is 10.7. The Morgan fingerprint density at radius 2 is 1.73 bits per heavy atom. The summed E-state index contributed by atoms with van der Waals surface area (Å²) in [6.45, 7) is 0.904. The number of rotatable bonds is 14. The lowest BCUT2D eigenvalue weighted by Crippen LogP contribution is -2.50. The van der Waals surface area contributed by atoms with Crippen molar-refractivity contribution >= 4 is 33.4 Å². The Hall–Kier alpha value is -4.63. The molecule has 230 valence electrons. The molecule has 0 spiro atoms. The number of benzene rings is 4. The maximum atomic E-state index is 14.4. The zero-order chi connectivity index (χ0) is 31.5. The first-order valence-electron chi connectivity index (χ1n) is 14.8. The molecule has 2 atom stereocenters. The highest BCUT2D eigenvalue weighted by molar-refractivity contribution is 9.10. The number of aliphatic hydroxyl groups is 1. The number of nitrogens with one attached hydrogen (secondary N) is 1. The van der Waals surface area contributed by atoms with Gasteiger partial charge in [-0.05, 0) is 71.5 Å². The predicted molar refractivity (Wildman–Crippen MR) is 178 cm³/mol. The smallest absolute Gasteiger partial charge is 0.252 e. The van der Waals surface area contributed by atoms with E-state index in [1.54, 1.807) is 12.1 Å². The predicted octanol–water partition coefficient (Wildman–Crippen LogP) is 7.40. The molecule has 0 fully saturated rings. The monoisotopic (exact) mass is 667 g/mol. The molecule has 0 bridgehead atoms. The van der Waals surface area contributed by atoms with E-state index in [1.165, 1.54) is 5.56 Å². The van der Waals surface area contributed by atoms with Crippen LogP contribution < -0.4 is 10.1 Å². The lowest BCUT2D eigenvalue weighted by atomic mass is 9.81. The van der Waals surface area contributed by atoms with E-state index in [1.807, 2.05) is 78.9 Å². The van der Waals surface area contributed by atoms with Gasteiger partial charge in [-0.3, -0.25) is 4.79 Å². The number of carbonyl (C=O) groups excluding carboxylic acids is 1. The molecule has 10 heteroatoms. The van der Waals surface area contributed by atoms with Crippen LogP contribution in [0.5, 0.6) is 5.75 Å². The summed E-state index contributed by atoms with van der Waals surface area (Å²) in [5, 5.41) is 16.1. The van der Waals surface area contributed by atoms with Crippen LogP contribution in [-0.2, 0) is 22.4 Å². The first kappa shape index (κ1) is 31.8. The van der Waals surface area contributed by atoms with E-state index in [0.29, 0.717) is 48.0 Å². The molecule has 5 rings (SSSR count). The van der Waals surface area contributed by atoms with Gasteiger partial charge >= 0.3 is 0 Å². The molecule has 45 heavy (non-hydrogen) atoms. The van der Waals surface area contributed by atoms with Gasteiger partial charge in [0.2, 0.25) is 5.90 Å². The summed E-state index contributed by atoms with van der Waals surface area (Å²) in [5.41, 5.74) is 11.6. The number of hydrogen-bond acceptors (Lipinski definition) is 6. The van der Waals surface area contributed by atoms with Gasteiger partial charge in [-0.15, -0.1) is 0 Å². The van der Waals surface area contributed by atoms with Crippen molar-refractivity contribution in [1.29, 1.82) is 0 Å². The molecule has 4 aromatic rings. The van der Waals surface area contributed by atoms with E-state index in [-0.39, 0.29) is 18.9 Å². The first-order chi connectivity index (χ1) is 22.0. The fraction of sp³-hybridized carbons (Fsp3) is 0.257. The number of ether oxygens (including phenoxy) is 2. The Bertz CT molecular complexity index is 1660. The molecule has 2 N–H and O–H groups in total. The SMILES string of the molecule is [N-]=[N+]=Nc1ccccc1C[C@@]1(C(=O)NCCCc2ccccc2)N=C(c2ccc(OCCCO)cc2)O[C@@H]1c1ccc(Br)cc1. The van der Waals surface area contributed by atoms with Crippen LogP contribution in [0.3, 0.4) is 0 Å². The molecular formula is C35H34BrN5O4. The summed E-state index contributed by atoms with van der Waals surface area (Å²) >= 11 is 3.51. The third-order valence-electron chi connectivity index (χ3n) is 7.58.